The van der Waals surface area contributed by atoms with Gasteiger partial charge in [-0.3, -0.25) is 4.79 Å². The molecule has 2 rings (SSSR count). The molecule has 1 fully saturated rings. The second-order valence-electron chi connectivity index (χ2n) is 4.38. The number of amides is 1. The van der Waals surface area contributed by atoms with E-state index in [1.165, 1.54) is 17.4 Å². The van der Waals surface area contributed by atoms with Gasteiger partial charge in [0.05, 0.1) is 10.4 Å². The smallest absolute Gasteiger partial charge is 0.332 e. The zero-order chi connectivity index (χ0) is 14.5. The van der Waals surface area contributed by atoms with Crippen molar-refractivity contribution in [2.45, 2.75) is 25.0 Å². The molecule has 1 aromatic rings. The average Bonchev–Trinajstić information content (AvgIpc) is 3.03. The van der Waals surface area contributed by atoms with Gasteiger partial charge in [-0.05, 0) is 31.1 Å². The average molecular weight is 316 g/mol. The van der Waals surface area contributed by atoms with Crippen LogP contribution in [0.5, 0.6) is 0 Å². The molecule has 2 heterocycles. The van der Waals surface area contributed by atoms with Crippen LogP contribution in [-0.2, 0) is 14.3 Å². The number of halogens is 1. The number of hydrogen-bond donors (Lipinski definition) is 2. The van der Waals surface area contributed by atoms with E-state index in [-0.39, 0.29) is 12.0 Å². The molecule has 0 bridgehead atoms. The van der Waals surface area contributed by atoms with Gasteiger partial charge in [0, 0.05) is 17.5 Å². The number of hydrogen-bond acceptors (Lipinski definition) is 4. The fourth-order valence-electron chi connectivity index (χ4n) is 1.89. The van der Waals surface area contributed by atoms with E-state index in [0.717, 1.165) is 4.88 Å². The molecule has 7 heteroatoms. The van der Waals surface area contributed by atoms with Gasteiger partial charge in [0.15, 0.2) is 6.10 Å². The first-order valence-corrected chi connectivity index (χ1v) is 7.33. The van der Waals surface area contributed by atoms with Gasteiger partial charge < -0.3 is 15.2 Å². The molecule has 5 nitrogen and oxygen atoms in total. The monoisotopic (exact) mass is 315 g/mol. The third-order valence-corrected chi connectivity index (χ3v) is 4.08. The van der Waals surface area contributed by atoms with Gasteiger partial charge in [0.25, 0.3) is 0 Å². The maximum Gasteiger partial charge on any atom is 0.332 e. The summed E-state index contributed by atoms with van der Waals surface area (Å²) in [4.78, 5) is 23.2. The Balaban J connectivity index is 1.73. The van der Waals surface area contributed by atoms with Crippen molar-refractivity contribution in [1.29, 1.82) is 0 Å². The number of carboxylic acids is 1. The third kappa shape index (κ3) is 4.33. The topological polar surface area (TPSA) is 75.6 Å². The molecule has 0 aliphatic carbocycles. The number of carbonyl (C=O) groups excluding carboxylic acids is 1. The van der Waals surface area contributed by atoms with Crippen molar-refractivity contribution >= 4 is 40.9 Å². The summed E-state index contributed by atoms with van der Waals surface area (Å²) in [5.74, 6) is -1.19. The van der Waals surface area contributed by atoms with Crippen molar-refractivity contribution in [2.75, 3.05) is 6.54 Å². The summed E-state index contributed by atoms with van der Waals surface area (Å²) in [7, 11) is 0. The quantitative estimate of drug-likeness (QED) is 0.816. The van der Waals surface area contributed by atoms with Crippen LogP contribution in [0.25, 0.3) is 6.08 Å². The molecule has 1 aliphatic rings. The van der Waals surface area contributed by atoms with E-state index < -0.39 is 12.1 Å². The Morgan fingerprint density at radius 3 is 2.90 bits per heavy atom. The van der Waals surface area contributed by atoms with Gasteiger partial charge in [-0.15, -0.1) is 11.3 Å². The number of aliphatic carboxylic acids is 1. The van der Waals surface area contributed by atoms with Gasteiger partial charge in [-0.1, -0.05) is 11.6 Å². The lowest BCUT2D eigenvalue weighted by atomic mass is 10.2. The van der Waals surface area contributed by atoms with Crippen molar-refractivity contribution in [3.8, 4) is 0 Å². The van der Waals surface area contributed by atoms with Crippen LogP contribution in [0.2, 0.25) is 4.34 Å². The molecular weight excluding hydrogens is 302 g/mol. The fourth-order valence-corrected chi connectivity index (χ4v) is 2.85. The van der Waals surface area contributed by atoms with Crippen LogP contribution >= 0.6 is 22.9 Å². The van der Waals surface area contributed by atoms with E-state index in [0.29, 0.717) is 23.7 Å². The summed E-state index contributed by atoms with van der Waals surface area (Å²) in [6, 6.07) is 3.59. The van der Waals surface area contributed by atoms with Crippen LogP contribution in [0.3, 0.4) is 0 Å². The third-order valence-electron chi connectivity index (χ3n) is 2.88. The normalized spacial score (nSPS) is 22.2. The minimum atomic E-state index is -0.951. The number of carboxylic acid groups (broad SMARTS) is 1. The first-order valence-electron chi connectivity index (χ1n) is 6.14. The van der Waals surface area contributed by atoms with Gasteiger partial charge in [0.1, 0.15) is 0 Å². The Morgan fingerprint density at radius 2 is 2.30 bits per heavy atom. The van der Waals surface area contributed by atoms with E-state index >= 15 is 0 Å². The number of rotatable bonds is 5. The molecule has 2 N–H and O–H groups in total. The summed E-state index contributed by atoms with van der Waals surface area (Å²) in [6.45, 7) is 0.318. The Kier molecular flexibility index (Phi) is 5.17. The van der Waals surface area contributed by atoms with Gasteiger partial charge in [-0.25, -0.2) is 4.79 Å². The first kappa shape index (κ1) is 15.0. The van der Waals surface area contributed by atoms with Crippen molar-refractivity contribution in [3.05, 3.63) is 27.4 Å². The first-order chi connectivity index (χ1) is 9.54. The fraction of sp³-hybridized carbons (Fsp3) is 0.385. The van der Waals surface area contributed by atoms with Crippen LogP contribution in [0.1, 0.15) is 17.7 Å². The van der Waals surface area contributed by atoms with Crippen molar-refractivity contribution < 1.29 is 19.4 Å². The van der Waals surface area contributed by atoms with Gasteiger partial charge >= 0.3 is 5.97 Å². The highest BCUT2D eigenvalue weighted by molar-refractivity contribution is 7.17. The molecule has 108 valence electrons. The molecule has 1 amide bonds. The molecule has 0 saturated carbocycles. The predicted molar refractivity (Wildman–Crippen MR) is 76.9 cm³/mol. The Morgan fingerprint density at radius 1 is 1.50 bits per heavy atom. The number of ether oxygens (including phenoxy) is 1. The lowest BCUT2D eigenvalue weighted by molar-refractivity contribution is -0.149. The van der Waals surface area contributed by atoms with Crippen LogP contribution < -0.4 is 5.32 Å². The van der Waals surface area contributed by atoms with E-state index in [1.807, 2.05) is 6.07 Å². The molecule has 1 saturated heterocycles. The van der Waals surface area contributed by atoms with Crippen molar-refractivity contribution in [2.24, 2.45) is 0 Å². The second-order valence-corrected chi connectivity index (χ2v) is 6.13. The van der Waals surface area contributed by atoms with Crippen molar-refractivity contribution in [1.82, 2.24) is 5.32 Å². The molecular formula is C13H14ClNO4S. The SMILES string of the molecule is O=C(/C=C/c1ccc(Cl)s1)NCC1CCC(C(=O)O)O1. The van der Waals surface area contributed by atoms with Crippen LogP contribution in [0, 0.1) is 0 Å². The number of thiophene rings is 1. The van der Waals surface area contributed by atoms with Crippen LogP contribution in [0.15, 0.2) is 18.2 Å². The lowest BCUT2D eigenvalue weighted by Crippen LogP contribution is -2.32. The summed E-state index contributed by atoms with van der Waals surface area (Å²) >= 11 is 7.17. The molecule has 0 spiro atoms. The molecule has 0 radical (unpaired) electrons. The Labute approximate surface area is 125 Å². The Hall–Kier alpha value is -1.37. The molecule has 20 heavy (non-hydrogen) atoms. The minimum Gasteiger partial charge on any atom is -0.479 e. The molecule has 1 aliphatic heterocycles. The highest BCUT2D eigenvalue weighted by atomic mass is 35.5. The summed E-state index contributed by atoms with van der Waals surface area (Å²) in [5, 5.41) is 11.5. The molecule has 2 atom stereocenters. The number of carbonyl (C=O) groups is 2. The largest absolute Gasteiger partial charge is 0.479 e. The van der Waals surface area contributed by atoms with E-state index in [9.17, 15) is 9.59 Å². The highest BCUT2D eigenvalue weighted by Gasteiger charge is 2.30. The van der Waals surface area contributed by atoms with Gasteiger partial charge in [0.2, 0.25) is 5.91 Å². The van der Waals surface area contributed by atoms with E-state index in [2.05, 4.69) is 5.32 Å². The van der Waals surface area contributed by atoms with E-state index in [1.54, 1.807) is 12.1 Å². The van der Waals surface area contributed by atoms with Crippen LogP contribution in [-0.4, -0.2) is 35.7 Å². The molecule has 0 aromatic carbocycles. The predicted octanol–water partition coefficient (Wildman–Crippen LogP) is 2.16. The molecule has 1 aromatic heterocycles. The summed E-state index contributed by atoms with van der Waals surface area (Å²) in [6.07, 6.45) is 3.25. The molecule has 2 unspecified atom stereocenters. The standard InChI is InChI=1S/C13H14ClNO4S/c14-11-5-2-9(20-11)3-6-12(16)15-7-8-1-4-10(19-8)13(17)18/h2-3,5-6,8,10H,1,4,7H2,(H,15,16)(H,17,18)/b6-3+. The van der Waals surface area contributed by atoms with Crippen molar-refractivity contribution in [3.63, 3.8) is 0 Å². The van der Waals surface area contributed by atoms with Gasteiger partial charge in [-0.2, -0.15) is 0 Å². The van der Waals surface area contributed by atoms with Crippen LogP contribution in [0.4, 0.5) is 0 Å². The minimum absolute atomic E-state index is 0.232. The summed E-state index contributed by atoms with van der Waals surface area (Å²) < 4.78 is 5.96. The highest BCUT2D eigenvalue weighted by Crippen LogP contribution is 2.22. The zero-order valence-corrected chi connectivity index (χ0v) is 12.1. The lowest BCUT2D eigenvalue weighted by Gasteiger charge is -2.11. The second kappa shape index (κ2) is 6.88. The maximum absolute atomic E-state index is 11.6. The zero-order valence-electron chi connectivity index (χ0n) is 10.5. The Bertz CT molecular complexity index is 528. The van der Waals surface area contributed by atoms with E-state index in [4.69, 9.17) is 21.4 Å². The number of nitrogens with one attached hydrogen (secondary N) is 1. The summed E-state index contributed by atoms with van der Waals surface area (Å²) in [5.41, 5.74) is 0. The maximum atomic E-state index is 11.6.